The molecule has 10 heavy (non-hydrogen) atoms. The van der Waals surface area contributed by atoms with Gasteiger partial charge in [0, 0.05) is 0 Å². The van der Waals surface area contributed by atoms with E-state index in [4.69, 9.17) is 11.0 Å². The fourth-order valence-electron chi connectivity index (χ4n) is 0.521. The minimum absolute atomic E-state index is 0. The van der Waals surface area contributed by atoms with E-state index in [2.05, 4.69) is 4.98 Å². The van der Waals surface area contributed by atoms with Crippen molar-refractivity contribution in [3.05, 3.63) is 10.6 Å². The summed E-state index contributed by atoms with van der Waals surface area (Å²) >= 11 is 1.22. The maximum atomic E-state index is 8.40. The Labute approximate surface area is 68.9 Å². The van der Waals surface area contributed by atoms with E-state index in [0.29, 0.717) is 10.0 Å². The van der Waals surface area contributed by atoms with Crippen LogP contribution in [-0.2, 0) is 0 Å². The number of nitrogen functional groups attached to an aromatic ring is 1. The van der Waals surface area contributed by atoms with E-state index < -0.39 is 0 Å². The molecule has 0 aliphatic carbocycles. The zero-order valence-corrected chi connectivity index (χ0v) is 6.92. The maximum Gasteiger partial charge on any atom is 0.181 e. The fourth-order valence-corrected chi connectivity index (χ4v) is 1.15. The highest BCUT2D eigenvalue weighted by Gasteiger charge is 2.01. The molecule has 1 heterocycles. The maximum absolute atomic E-state index is 8.40. The van der Waals surface area contributed by atoms with Gasteiger partial charge in [0.25, 0.3) is 0 Å². The summed E-state index contributed by atoms with van der Waals surface area (Å²) < 4.78 is 0. The Morgan fingerprint density at radius 3 is 2.50 bits per heavy atom. The Morgan fingerprint density at radius 2 is 2.30 bits per heavy atom. The van der Waals surface area contributed by atoms with Gasteiger partial charge in [-0.2, -0.15) is 5.26 Å². The number of nitrogens with zero attached hydrogens (tertiary/aromatic N) is 2. The Kier molecular flexibility index (Phi) is 3.13. The summed E-state index contributed by atoms with van der Waals surface area (Å²) in [5.41, 5.74) is 6.03. The van der Waals surface area contributed by atoms with Crippen molar-refractivity contribution in [3.63, 3.8) is 0 Å². The van der Waals surface area contributed by atoms with Crippen molar-refractivity contribution in [2.24, 2.45) is 0 Å². The van der Waals surface area contributed by atoms with E-state index in [0.717, 1.165) is 5.69 Å². The molecule has 0 bridgehead atoms. The summed E-state index contributed by atoms with van der Waals surface area (Å²) in [7, 11) is 0. The molecule has 0 fully saturated rings. The summed E-state index contributed by atoms with van der Waals surface area (Å²) in [4.78, 5) is 4.46. The van der Waals surface area contributed by atoms with Gasteiger partial charge in [0.1, 0.15) is 10.9 Å². The number of anilines is 1. The third-order valence-corrected chi connectivity index (χ3v) is 1.81. The van der Waals surface area contributed by atoms with Gasteiger partial charge < -0.3 is 5.73 Å². The van der Waals surface area contributed by atoms with Crippen molar-refractivity contribution >= 4 is 28.9 Å². The van der Waals surface area contributed by atoms with Gasteiger partial charge in [-0.1, -0.05) is 11.3 Å². The molecular formula is C5H6ClN3S. The molecule has 0 spiro atoms. The first kappa shape index (κ1) is 9.21. The summed E-state index contributed by atoms with van der Waals surface area (Å²) in [6.07, 6.45) is 0. The number of aryl methyl sites for hydroxylation is 1. The summed E-state index contributed by atoms with van der Waals surface area (Å²) in [5.74, 6) is 0. The van der Waals surface area contributed by atoms with Crippen LogP contribution < -0.4 is 5.73 Å². The van der Waals surface area contributed by atoms with Crippen molar-refractivity contribution in [1.82, 2.24) is 4.98 Å². The normalized spacial score (nSPS) is 8.00. The zero-order valence-electron chi connectivity index (χ0n) is 5.29. The Hall–Kier alpha value is -0.790. The van der Waals surface area contributed by atoms with Crippen LogP contribution in [-0.4, -0.2) is 4.98 Å². The number of rotatable bonds is 0. The predicted molar refractivity (Wildman–Crippen MR) is 43.2 cm³/mol. The van der Waals surface area contributed by atoms with Gasteiger partial charge in [-0.25, -0.2) is 4.98 Å². The molecule has 5 heteroatoms. The Morgan fingerprint density at radius 1 is 1.70 bits per heavy atom. The lowest BCUT2D eigenvalue weighted by Gasteiger charge is -1.74. The SMILES string of the molecule is Cc1nc(N)sc1C#N.Cl. The summed E-state index contributed by atoms with van der Waals surface area (Å²) in [6, 6.07) is 1.99. The third kappa shape index (κ3) is 1.59. The van der Waals surface area contributed by atoms with Gasteiger partial charge >= 0.3 is 0 Å². The van der Waals surface area contributed by atoms with E-state index >= 15 is 0 Å². The molecule has 0 aromatic carbocycles. The van der Waals surface area contributed by atoms with Crippen LogP contribution in [0.5, 0.6) is 0 Å². The molecule has 1 rings (SSSR count). The molecule has 0 unspecified atom stereocenters. The van der Waals surface area contributed by atoms with Gasteiger partial charge in [-0.05, 0) is 6.92 Å². The van der Waals surface area contributed by atoms with Crippen molar-refractivity contribution in [3.8, 4) is 6.07 Å². The Balaban J connectivity index is 0.000000810. The fraction of sp³-hybridized carbons (Fsp3) is 0.200. The molecule has 1 aromatic rings. The van der Waals surface area contributed by atoms with Gasteiger partial charge in [0.05, 0.1) is 5.69 Å². The van der Waals surface area contributed by atoms with Gasteiger partial charge in [-0.15, -0.1) is 12.4 Å². The van der Waals surface area contributed by atoms with Gasteiger partial charge in [-0.3, -0.25) is 0 Å². The van der Waals surface area contributed by atoms with E-state index in [1.807, 2.05) is 6.07 Å². The summed E-state index contributed by atoms with van der Waals surface area (Å²) in [5, 5.41) is 8.86. The quantitative estimate of drug-likeness (QED) is 0.647. The molecule has 3 nitrogen and oxygen atoms in total. The van der Waals surface area contributed by atoms with Crippen molar-refractivity contribution in [1.29, 1.82) is 5.26 Å². The van der Waals surface area contributed by atoms with Crippen LogP contribution in [0.2, 0.25) is 0 Å². The molecule has 0 aliphatic heterocycles. The van der Waals surface area contributed by atoms with Crippen LogP contribution in [0.1, 0.15) is 10.6 Å². The molecule has 0 amide bonds. The van der Waals surface area contributed by atoms with Crippen molar-refractivity contribution in [2.75, 3.05) is 5.73 Å². The molecule has 1 aromatic heterocycles. The van der Waals surface area contributed by atoms with Crippen LogP contribution in [0.3, 0.4) is 0 Å². The average Bonchev–Trinajstić information content (AvgIpc) is 2.10. The molecule has 0 saturated carbocycles. The monoisotopic (exact) mass is 175 g/mol. The number of nitrogens with two attached hydrogens (primary N) is 1. The molecule has 0 saturated heterocycles. The Bertz CT molecular complexity index is 262. The van der Waals surface area contributed by atoms with Crippen LogP contribution >= 0.6 is 23.7 Å². The third-order valence-electron chi connectivity index (χ3n) is 0.915. The number of hydrogen-bond acceptors (Lipinski definition) is 4. The number of halogens is 1. The highest BCUT2D eigenvalue weighted by atomic mass is 35.5. The molecule has 0 aliphatic rings. The first-order valence-electron chi connectivity index (χ1n) is 2.37. The second kappa shape index (κ2) is 3.40. The van der Waals surface area contributed by atoms with E-state index in [-0.39, 0.29) is 12.4 Å². The lowest BCUT2D eigenvalue weighted by molar-refractivity contribution is 1.26. The van der Waals surface area contributed by atoms with Crippen molar-refractivity contribution in [2.45, 2.75) is 6.92 Å². The summed E-state index contributed by atoms with van der Waals surface area (Å²) in [6.45, 7) is 1.77. The first-order chi connectivity index (χ1) is 4.24. The lowest BCUT2D eigenvalue weighted by Crippen LogP contribution is -1.80. The number of hydrogen-bond donors (Lipinski definition) is 1. The molecule has 54 valence electrons. The van der Waals surface area contributed by atoms with Gasteiger partial charge in [0.2, 0.25) is 0 Å². The van der Waals surface area contributed by atoms with Crippen molar-refractivity contribution < 1.29 is 0 Å². The van der Waals surface area contributed by atoms with E-state index in [1.54, 1.807) is 6.92 Å². The second-order valence-corrected chi connectivity index (χ2v) is 2.61. The molecule has 0 atom stereocenters. The minimum atomic E-state index is 0. The zero-order chi connectivity index (χ0) is 6.85. The smallest absolute Gasteiger partial charge is 0.181 e. The standard InChI is InChI=1S/C5H5N3S.ClH/c1-3-4(2-6)9-5(7)8-3;/h1H3,(H2,7,8);1H. The molecule has 2 N–H and O–H groups in total. The van der Waals surface area contributed by atoms with Crippen LogP contribution in [0.25, 0.3) is 0 Å². The highest BCUT2D eigenvalue weighted by Crippen LogP contribution is 2.17. The van der Waals surface area contributed by atoms with Crippen LogP contribution in [0.15, 0.2) is 0 Å². The topological polar surface area (TPSA) is 62.7 Å². The minimum Gasteiger partial charge on any atom is -0.375 e. The van der Waals surface area contributed by atoms with Crippen LogP contribution in [0, 0.1) is 18.3 Å². The highest BCUT2D eigenvalue weighted by molar-refractivity contribution is 7.16. The average molecular weight is 176 g/mol. The number of thiazole rings is 1. The lowest BCUT2D eigenvalue weighted by atomic mass is 10.4. The number of nitriles is 1. The second-order valence-electron chi connectivity index (χ2n) is 1.58. The predicted octanol–water partition coefficient (Wildman–Crippen LogP) is 1.33. The number of aromatic nitrogens is 1. The van der Waals surface area contributed by atoms with Crippen LogP contribution in [0.4, 0.5) is 5.13 Å². The first-order valence-corrected chi connectivity index (χ1v) is 3.18. The molecule has 0 radical (unpaired) electrons. The van der Waals surface area contributed by atoms with E-state index in [1.165, 1.54) is 11.3 Å². The molecular weight excluding hydrogens is 170 g/mol. The van der Waals surface area contributed by atoms with E-state index in [9.17, 15) is 0 Å². The van der Waals surface area contributed by atoms with Gasteiger partial charge in [0.15, 0.2) is 5.13 Å². The largest absolute Gasteiger partial charge is 0.375 e.